The van der Waals surface area contributed by atoms with Crippen LogP contribution in [0.3, 0.4) is 0 Å². The molecule has 0 unspecified atom stereocenters. The number of rotatable bonds is 2. The van der Waals surface area contributed by atoms with Crippen LogP contribution in [0.4, 0.5) is 0 Å². The van der Waals surface area contributed by atoms with Gasteiger partial charge in [0.2, 0.25) is 0 Å². The maximum atomic E-state index is 10.1. The van der Waals surface area contributed by atoms with Crippen molar-refractivity contribution < 1.29 is 24.9 Å². The zero-order valence-electron chi connectivity index (χ0n) is 8.08. The summed E-state index contributed by atoms with van der Waals surface area (Å²) in [5, 5.41) is 26.3. The van der Waals surface area contributed by atoms with Gasteiger partial charge in [0.05, 0.1) is 0 Å². The molecule has 6 heteroatoms. The second-order valence-corrected chi connectivity index (χ2v) is 2.42. The number of phenolic OH excluding ortho intramolecular Hbond substituents is 2. The Morgan fingerprint density at radius 3 is 2.27 bits per heavy atom. The summed E-state index contributed by atoms with van der Waals surface area (Å²) in [7, 11) is 0.306. The topological polar surface area (TPSA) is 98.0 Å². The standard InChI is InChI=1S/C9H8O4.H4OSi/c10-7-3-1-6(5-8(7)11)2-4-9(12)13;1-2/h1-5,10-11H,(H,12,13);1H,2H3. The van der Waals surface area contributed by atoms with Crippen LogP contribution in [0.1, 0.15) is 5.56 Å². The van der Waals surface area contributed by atoms with Gasteiger partial charge in [-0.1, -0.05) is 6.07 Å². The number of phenols is 2. The van der Waals surface area contributed by atoms with Crippen molar-refractivity contribution in [2.75, 3.05) is 0 Å². The van der Waals surface area contributed by atoms with E-state index >= 15 is 0 Å². The van der Waals surface area contributed by atoms with Crippen molar-refractivity contribution in [3.8, 4) is 11.5 Å². The van der Waals surface area contributed by atoms with Gasteiger partial charge < -0.3 is 20.1 Å². The summed E-state index contributed by atoms with van der Waals surface area (Å²) in [5.41, 5.74) is 0.512. The lowest BCUT2D eigenvalue weighted by Crippen LogP contribution is -1.85. The van der Waals surface area contributed by atoms with Crippen molar-refractivity contribution in [3.05, 3.63) is 29.8 Å². The molecule has 15 heavy (non-hydrogen) atoms. The monoisotopic (exact) mass is 228 g/mol. The van der Waals surface area contributed by atoms with Crippen LogP contribution in [-0.4, -0.2) is 36.6 Å². The molecule has 0 aliphatic carbocycles. The SMILES string of the molecule is O=C(O)C=Cc1ccc(O)c(O)c1.O[SiH3]. The molecule has 0 bridgehead atoms. The van der Waals surface area contributed by atoms with Crippen molar-refractivity contribution in [3.63, 3.8) is 0 Å². The number of hydrogen-bond acceptors (Lipinski definition) is 4. The molecule has 0 fully saturated rings. The highest BCUT2D eigenvalue weighted by Gasteiger charge is 1.97. The molecule has 4 N–H and O–H groups in total. The van der Waals surface area contributed by atoms with Crippen molar-refractivity contribution >= 4 is 22.5 Å². The molecule has 0 atom stereocenters. The fourth-order valence-corrected chi connectivity index (χ4v) is 0.812. The van der Waals surface area contributed by atoms with Gasteiger partial charge in [-0.25, -0.2) is 4.79 Å². The normalized spacial score (nSPS) is 9.67. The number of aliphatic carboxylic acids is 1. The van der Waals surface area contributed by atoms with Crippen molar-refractivity contribution in [1.29, 1.82) is 0 Å². The molecule has 1 aromatic rings. The van der Waals surface area contributed by atoms with Gasteiger partial charge in [-0.15, -0.1) is 0 Å². The summed E-state index contributed by atoms with van der Waals surface area (Å²) in [6, 6.07) is 4.06. The first-order valence-corrected chi connectivity index (χ1v) is 4.87. The van der Waals surface area contributed by atoms with Crippen LogP contribution in [0.5, 0.6) is 11.5 Å². The van der Waals surface area contributed by atoms with Gasteiger partial charge >= 0.3 is 5.97 Å². The predicted octanol–water partition coefficient (Wildman–Crippen LogP) is -0.545. The molecule has 0 radical (unpaired) electrons. The second kappa shape index (κ2) is 6.63. The van der Waals surface area contributed by atoms with E-state index in [1.807, 2.05) is 0 Å². The number of carboxylic acid groups (broad SMARTS) is 1. The Balaban J connectivity index is 0.000000921. The molecule has 5 nitrogen and oxygen atoms in total. The third kappa shape index (κ3) is 4.84. The van der Waals surface area contributed by atoms with Crippen LogP contribution in [0.2, 0.25) is 0 Å². The number of carboxylic acids is 1. The molecule has 1 rings (SSSR count). The van der Waals surface area contributed by atoms with E-state index in [9.17, 15) is 4.79 Å². The minimum absolute atomic E-state index is 0.229. The Bertz CT molecular complexity index is 362. The Morgan fingerprint density at radius 1 is 1.20 bits per heavy atom. The average molecular weight is 228 g/mol. The predicted molar refractivity (Wildman–Crippen MR) is 58.6 cm³/mol. The Hall–Kier alpha value is -1.79. The van der Waals surface area contributed by atoms with E-state index in [4.69, 9.17) is 20.1 Å². The van der Waals surface area contributed by atoms with Crippen LogP contribution in [0, 0.1) is 0 Å². The zero-order chi connectivity index (χ0) is 11.8. The quantitative estimate of drug-likeness (QED) is 0.309. The Kier molecular flexibility index (Phi) is 5.84. The van der Waals surface area contributed by atoms with Gasteiger partial charge in [-0.3, -0.25) is 0 Å². The van der Waals surface area contributed by atoms with Gasteiger partial charge in [0.15, 0.2) is 11.5 Å². The average Bonchev–Trinajstić information content (AvgIpc) is 2.23. The van der Waals surface area contributed by atoms with Gasteiger partial charge in [0, 0.05) is 6.08 Å². The van der Waals surface area contributed by atoms with E-state index in [2.05, 4.69) is 0 Å². The van der Waals surface area contributed by atoms with E-state index < -0.39 is 5.97 Å². The molecular formula is C9H12O5Si. The summed E-state index contributed by atoms with van der Waals surface area (Å²) >= 11 is 0. The smallest absolute Gasteiger partial charge is 0.328 e. The largest absolute Gasteiger partial charge is 0.504 e. The molecule has 0 heterocycles. The van der Waals surface area contributed by atoms with E-state index in [1.54, 1.807) is 0 Å². The molecular weight excluding hydrogens is 216 g/mol. The summed E-state index contributed by atoms with van der Waals surface area (Å²) in [5.74, 6) is -1.56. The Morgan fingerprint density at radius 2 is 1.80 bits per heavy atom. The molecule has 0 aliphatic heterocycles. The Labute approximate surface area is 89.5 Å². The number of carbonyl (C=O) groups is 1. The maximum Gasteiger partial charge on any atom is 0.328 e. The van der Waals surface area contributed by atoms with Crippen LogP contribution in [0.25, 0.3) is 6.08 Å². The lowest BCUT2D eigenvalue weighted by atomic mass is 10.2. The first-order chi connectivity index (χ1) is 7.09. The summed E-state index contributed by atoms with van der Waals surface area (Å²) in [4.78, 5) is 17.3. The molecule has 0 spiro atoms. The van der Waals surface area contributed by atoms with Crippen LogP contribution in [0.15, 0.2) is 24.3 Å². The van der Waals surface area contributed by atoms with Crippen molar-refractivity contribution in [2.45, 2.75) is 0 Å². The summed E-state index contributed by atoms with van der Waals surface area (Å²) in [6.45, 7) is 0. The van der Waals surface area contributed by atoms with E-state index in [0.29, 0.717) is 16.0 Å². The van der Waals surface area contributed by atoms with Gasteiger partial charge in [0.25, 0.3) is 0 Å². The van der Waals surface area contributed by atoms with Crippen molar-refractivity contribution in [2.24, 2.45) is 0 Å². The van der Waals surface area contributed by atoms with E-state index in [1.165, 1.54) is 24.3 Å². The summed E-state index contributed by atoms with van der Waals surface area (Å²) in [6.07, 6.45) is 2.27. The summed E-state index contributed by atoms with van der Waals surface area (Å²) < 4.78 is 0. The molecule has 1 aromatic carbocycles. The van der Waals surface area contributed by atoms with Gasteiger partial charge in [-0.05, 0) is 23.8 Å². The first kappa shape index (κ1) is 13.2. The molecule has 0 saturated carbocycles. The highest BCUT2D eigenvalue weighted by molar-refractivity contribution is 5.95. The highest BCUT2D eigenvalue weighted by atomic mass is 28.2. The molecule has 0 amide bonds. The number of aromatic hydroxyl groups is 2. The van der Waals surface area contributed by atoms with Crippen molar-refractivity contribution in [1.82, 2.24) is 0 Å². The van der Waals surface area contributed by atoms with E-state index in [0.717, 1.165) is 6.08 Å². The second-order valence-electron chi connectivity index (χ2n) is 2.42. The van der Waals surface area contributed by atoms with Crippen LogP contribution in [-0.2, 0) is 4.79 Å². The lowest BCUT2D eigenvalue weighted by Gasteiger charge is -1.97. The van der Waals surface area contributed by atoms with Gasteiger partial charge in [0.1, 0.15) is 10.5 Å². The first-order valence-electron chi connectivity index (χ1n) is 3.97. The third-order valence-corrected chi connectivity index (χ3v) is 1.42. The molecule has 0 saturated heterocycles. The molecule has 0 aromatic heterocycles. The third-order valence-electron chi connectivity index (χ3n) is 1.42. The number of benzene rings is 1. The minimum Gasteiger partial charge on any atom is -0.504 e. The van der Waals surface area contributed by atoms with E-state index in [-0.39, 0.29) is 11.5 Å². The molecule has 82 valence electrons. The van der Waals surface area contributed by atoms with Crippen LogP contribution < -0.4 is 0 Å². The lowest BCUT2D eigenvalue weighted by molar-refractivity contribution is -0.131. The van der Waals surface area contributed by atoms with Crippen LogP contribution >= 0.6 is 0 Å². The maximum absolute atomic E-state index is 10.1. The molecule has 0 aliphatic rings. The fourth-order valence-electron chi connectivity index (χ4n) is 0.812. The zero-order valence-corrected chi connectivity index (χ0v) is 10.1. The fraction of sp³-hybridized carbons (Fsp3) is 0. The number of hydrogen-bond donors (Lipinski definition) is 4. The van der Waals surface area contributed by atoms with Gasteiger partial charge in [-0.2, -0.15) is 0 Å². The minimum atomic E-state index is -1.06. The highest BCUT2D eigenvalue weighted by Crippen LogP contribution is 2.25.